The van der Waals surface area contributed by atoms with E-state index in [-0.39, 0.29) is 0 Å². The lowest BCUT2D eigenvalue weighted by molar-refractivity contribution is 0.220. The minimum Gasteiger partial charge on any atom is -0.365 e. The summed E-state index contributed by atoms with van der Waals surface area (Å²) < 4.78 is 1.81. The summed E-state index contributed by atoms with van der Waals surface area (Å²) >= 11 is 1.65. The molecule has 148 valence electrons. The Bertz CT molecular complexity index is 1080. The van der Waals surface area contributed by atoms with Crippen LogP contribution in [0.4, 0.5) is 5.82 Å². The Labute approximate surface area is 174 Å². The third-order valence-electron chi connectivity index (χ3n) is 5.46. The van der Waals surface area contributed by atoms with Gasteiger partial charge in [0.2, 0.25) is 0 Å². The molecule has 0 spiro atoms. The van der Waals surface area contributed by atoms with Gasteiger partial charge in [0.05, 0.1) is 0 Å². The summed E-state index contributed by atoms with van der Waals surface area (Å²) in [6, 6.07) is 14.7. The van der Waals surface area contributed by atoms with Gasteiger partial charge in [0.1, 0.15) is 5.82 Å². The van der Waals surface area contributed by atoms with Crippen molar-refractivity contribution in [2.75, 3.05) is 18.4 Å². The summed E-state index contributed by atoms with van der Waals surface area (Å²) in [7, 11) is 0. The Morgan fingerprint density at radius 2 is 1.79 bits per heavy atom. The van der Waals surface area contributed by atoms with Crippen molar-refractivity contribution in [3.8, 4) is 11.4 Å². The van der Waals surface area contributed by atoms with Crippen molar-refractivity contribution >= 4 is 22.8 Å². The molecule has 0 unspecified atom stereocenters. The highest BCUT2D eigenvalue weighted by molar-refractivity contribution is 7.08. The van der Waals surface area contributed by atoms with Gasteiger partial charge in [0, 0.05) is 24.0 Å². The average molecular weight is 405 g/mol. The Kier molecular flexibility index (Phi) is 5.23. The molecular weight excluding hydrogens is 380 g/mol. The number of fused-ring (bicyclic) bond motifs is 1. The van der Waals surface area contributed by atoms with Gasteiger partial charge in [-0.3, -0.25) is 4.90 Å². The first-order valence-electron chi connectivity index (χ1n) is 10.1. The lowest BCUT2D eigenvalue weighted by Gasteiger charge is -2.27. The van der Waals surface area contributed by atoms with Gasteiger partial charge in [-0.1, -0.05) is 30.7 Å². The number of benzene rings is 1. The van der Waals surface area contributed by atoms with Crippen LogP contribution in [0.2, 0.25) is 0 Å². The molecule has 0 aliphatic carbocycles. The van der Waals surface area contributed by atoms with Crippen LogP contribution in [0.1, 0.15) is 30.4 Å². The zero-order valence-electron chi connectivity index (χ0n) is 16.3. The van der Waals surface area contributed by atoms with Crippen LogP contribution >= 0.6 is 11.3 Å². The molecule has 0 radical (unpaired) electrons. The predicted molar refractivity (Wildman–Crippen MR) is 117 cm³/mol. The smallest absolute Gasteiger partial charge is 0.186 e. The number of aromatic nitrogens is 4. The SMILES string of the molecule is c1ccc(CN2CCCCC2)c(CNc2ccc3nnc(-c4ccsc4)n3n2)c1. The third kappa shape index (κ3) is 4.02. The van der Waals surface area contributed by atoms with E-state index in [0.29, 0.717) is 0 Å². The largest absolute Gasteiger partial charge is 0.365 e. The van der Waals surface area contributed by atoms with Crippen LogP contribution in [-0.2, 0) is 13.1 Å². The Morgan fingerprint density at radius 3 is 2.62 bits per heavy atom. The number of likely N-dealkylation sites (tertiary alicyclic amines) is 1. The van der Waals surface area contributed by atoms with E-state index >= 15 is 0 Å². The zero-order valence-corrected chi connectivity index (χ0v) is 17.1. The van der Waals surface area contributed by atoms with Crippen molar-refractivity contribution in [1.82, 2.24) is 24.7 Å². The van der Waals surface area contributed by atoms with Gasteiger partial charge in [-0.05, 0) is 60.6 Å². The maximum Gasteiger partial charge on any atom is 0.186 e. The highest BCUT2D eigenvalue weighted by atomic mass is 32.1. The van der Waals surface area contributed by atoms with Crippen molar-refractivity contribution in [2.45, 2.75) is 32.4 Å². The molecule has 29 heavy (non-hydrogen) atoms. The maximum absolute atomic E-state index is 4.73. The predicted octanol–water partition coefficient (Wildman–Crippen LogP) is 4.45. The van der Waals surface area contributed by atoms with Gasteiger partial charge in [0.15, 0.2) is 11.5 Å². The van der Waals surface area contributed by atoms with Gasteiger partial charge in [-0.2, -0.15) is 15.9 Å². The second-order valence-electron chi connectivity index (χ2n) is 7.48. The van der Waals surface area contributed by atoms with Gasteiger partial charge in [-0.25, -0.2) is 0 Å². The highest BCUT2D eigenvalue weighted by Gasteiger charge is 2.13. The normalized spacial score (nSPS) is 15.0. The van der Waals surface area contributed by atoms with Gasteiger partial charge in [-0.15, -0.1) is 15.3 Å². The summed E-state index contributed by atoms with van der Waals surface area (Å²) in [6.07, 6.45) is 4.00. The van der Waals surface area contributed by atoms with Crippen molar-refractivity contribution in [2.24, 2.45) is 0 Å². The van der Waals surface area contributed by atoms with E-state index in [0.717, 1.165) is 35.9 Å². The summed E-state index contributed by atoms with van der Waals surface area (Å²) in [5.41, 5.74) is 4.51. The number of nitrogens with one attached hydrogen (secondary N) is 1. The molecule has 4 aromatic rings. The van der Waals surface area contributed by atoms with E-state index in [1.54, 1.807) is 11.3 Å². The van der Waals surface area contributed by atoms with E-state index in [9.17, 15) is 0 Å². The van der Waals surface area contributed by atoms with Gasteiger partial charge >= 0.3 is 0 Å². The minimum absolute atomic E-state index is 0.748. The lowest BCUT2D eigenvalue weighted by atomic mass is 10.0. The molecule has 1 aliphatic heterocycles. The van der Waals surface area contributed by atoms with Crippen LogP contribution in [0.5, 0.6) is 0 Å². The van der Waals surface area contributed by atoms with Crippen molar-refractivity contribution in [1.29, 1.82) is 0 Å². The van der Waals surface area contributed by atoms with E-state index in [2.05, 4.69) is 50.1 Å². The molecule has 6 nitrogen and oxygen atoms in total. The molecule has 0 bridgehead atoms. The summed E-state index contributed by atoms with van der Waals surface area (Å²) in [6.45, 7) is 4.19. The number of rotatable bonds is 6. The van der Waals surface area contributed by atoms with Crippen LogP contribution < -0.4 is 5.32 Å². The number of piperidine rings is 1. The first kappa shape index (κ1) is 18.3. The Morgan fingerprint density at radius 1 is 0.931 bits per heavy atom. The standard InChI is InChI=1S/C22H24N6S/c1-4-11-27(12-5-1)15-18-7-3-2-6-17(18)14-23-20-8-9-21-24-25-22(28(21)26-20)19-10-13-29-16-19/h2-3,6-10,13,16H,1,4-5,11-12,14-15H2,(H,23,26). The minimum atomic E-state index is 0.748. The molecule has 1 saturated heterocycles. The number of hydrogen-bond acceptors (Lipinski definition) is 6. The molecule has 0 amide bonds. The fourth-order valence-electron chi connectivity index (χ4n) is 3.88. The summed E-state index contributed by atoms with van der Waals surface area (Å²) in [5.74, 6) is 1.59. The second kappa shape index (κ2) is 8.31. The molecule has 1 fully saturated rings. The molecule has 1 aromatic carbocycles. The third-order valence-corrected chi connectivity index (χ3v) is 6.15. The van der Waals surface area contributed by atoms with Gasteiger partial charge in [0.25, 0.3) is 0 Å². The highest BCUT2D eigenvalue weighted by Crippen LogP contribution is 2.21. The quantitative estimate of drug-likeness (QED) is 0.514. The van der Waals surface area contributed by atoms with E-state index in [1.165, 1.54) is 43.5 Å². The summed E-state index contributed by atoms with van der Waals surface area (Å²) in [4.78, 5) is 2.57. The molecular formula is C22H24N6S. The molecule has 5 rings (SSSR count). The maximum atomic E-state index is 4.73. The zero-order chi connectivity index (χ0) is 19.5. The van der Waals surface area contributed by atoms with Crippen LogP contribution in [-0.4, -0.2) is 37.8 Å². The Balaban J connectivity index is 1.34. The summed E-state index contributed by atoms with van der Waals surface area (Å²) in [5, 5.41) is 20.9. The first-order valence-corrected chi connectivity index (χ1v) is 11.1. The van der Waals surface area contributed by atoms with Gasteiger partial charge < -0.3 is 5.32 Å². The molecule has 1 N–H and O–H groups in total. The number of anilines is 1. The monoisotopic (exact) mass is 404 g/mol. The van der Waals surface area contributed by atoms with E-state index in [1.807, 2.05) is 28.1 Å². The van der Waals surface area contributed by atoms with Crippen LogP contribution in [0, 0.1) is 0 Å². The topological polar surface area (TPSA) is 58.3 Å². The number of nitrogens with zero attached hydrogens (tertiary/aromatic N) is 5. The van der Waals surface area contributed by atoms with Crippen LogP contribution in [0.3, 0.4) is 0 Å². The van der Waals surface area contributed by atoms with Crippen molar-refractivity contribution < 1.29 is 0 Å². The average Bonchev–Trinajstić information content (AvgIpc) is 3.43. The fourth-order valence-corrected chi connectivity index (χ4v) is 4.52. The molecule has 3 aromatic heterocycles. The molecule has 0 saturated carbocycles. The van der Waals surface area contributed by atoms with Crippen molar-refractivity contribution in [3.63, 3.8) is 0 Å². The lowest BCUT2D eigenvalue weighted by Crippen LogP contribution is -2.29. The number of hydrogen-bond donors (Lipinski definition) is 1. The van der Waals surface area contributed by atoms with Crippen LogP contribution in [0.25, 0.3) is 17.0 Å². The molecule has 0 atom stereocenters. The fraction of sp³-hybridized carbons (Fsp3) is 0.318. The Hall–Kier alpha value is -2.77. The van der Waals surface area contributed by atoms with E-state index in [4.69, 9.17) is 5.10 Å². The number of thiophene rings is 1. The first-order chi connectivity index (χ1) is 14.4. The molecule has 4 heterocycles. The molecule has 1 aliphatic rings. The second-order valence-corrected chi connectivity index (χ2v) is 8.26. The van der Waals surface area contributed by atoms with Crippen molar-refractivity contribution in [3.05, 3.63) is 64.4 Å². The molecule has 7 heteroatoms. The van der Waals surface area contributed by atoms with E-state index < -0.39 is 0 Å². The van der Waals surface area contributed by atoms with Crippen LogP contribution in [0.15, 0.2) is 53.2 Å².